The number of nitrogens with zero attached hydrogens (tertiary/aromatic N) is 2. The van der Waals surface area contributed by atoms with Gasteiger partial charge in [-0.15, -0.1) is 0 Å². The number of rotatable bonds is 5. The summed E-state index contributed by atoms with van der Waals surface area (Å²) in [5.74, 6) is 1.28. The van der Waals surface area contributed by atoms with Crippen LogP contribution in [-0.2, 0) is 0 Å². The van der Waals surface area contributed by atoms with Crippen LogP contribution in [0, 0.1) is 0 Å². The van der Waals surface area contributed by atoms with E-state index in [1.165, 1.54) is 0 Å². The maximum absolute atomic E-state index is 5.97. The molecule has 1 aromatic heterocycles. The Labute approximate surface area is 128 Å². The van der Waals surface area contributed by atoms with Crippen LogP contribution in [0.3, 0.4) is 0 Å². The van der Waals surface area contributed by atoms with Gasteiger partial charge in [-0.3, -0.25) is 0 Å². The van der Waals surface area contributed by atoms with E-state index in [0.717, 1.165) is 12.1 Å². The van der Waals surface area contributed by atoms with Gasteiger partial charge in [-0.05, 0) is 37.6 Å². The highest BCUT2D eigenvalue weighted by Gasteiger charge is 2.04. The van der Waals surface area contributed by atoms with E-state index in [4.69, 9.17) is 23.2 Å². The lowest BCUT2D eigenvalue weighted by atomic mass is 10.3. The van der Waals surface area contributed by atoms with Crippen molar-refractivity contribution in [3.63, 3.8) is 0 Å². The second-order valence-corrected chi connectivity index (χ2v) is 5.38. The van der Waals surface area contributed by atoms with Gasteiger partial charge < -0.3 is 10.6 Å². The summed E-state index contributed by atoms with van der Waals surface area (Å²) in [6.45, 7) is 4.19. The van der Waals surface area contributed by atoms with Gasteiger partial charge in [0.25, 0.3) is 0 Å². The van der Waals surface area contributed by atoms with Crippen molar-refractivity contribution in [2.75, 3.05) is 10.6 Å². The standard InChI is InChI=1S/C14H16Cl2N4/c1-3-9(2)18-14-17-5-4-13(20-14)19-12-7-10(15)6-11(16)8-12/h4-9H,3H2,1-2H3,(H2,17,18,19,20). The number of hydrogen-bond donors (Lipinski definition) is 2. The molecule has 0 saturated carbocycles. The Kier molecular flexibility index (Phi) is 5.04. The summed E-state index contributed by atoms with van der Waals surface area (Å²) in [4.78, 5) is 8.59. The number of nitrogens with one attached hydrogen (secondary N) is 2. The largest absolute Gasteiger partial charge is 0.352 e. The second kappa shape index (κ2) is 6.77. The van der Waals surface area contributed by atoms with Crippen molar-refractivity contribution in [3.05, 3.63) is 40.5 Å². The molecule has 0 aliphatic rings. The third-order valence-corrected chi connectivity index (χ3v) is 3.21. The fraction of sp³-hybridized carbons (Fsp3) is 0.286. The molecule has 1 aromatic carbocycles. The summed E-state index contributed by atoms with van der Waals surface area (Å²) in [7, 11) is 0. The zero-order valence-corrected chi connectivity index (χ0v) is 12.8. The number of aromatic nitrogens is 2. The van der Waals surface area contributed by atoms with Crippen LogP contribution >= 0.6 is 23.2 Å². The Morgan fingerprint density at radius 1 is 1.20 bits per heavy atom. The van der Waals surface area contributed by atoms with Crippen molar-refractivity contribution in [1.82, 2.24) is 9.97 Å². The van der Waals surface area contributed by atoms with Crippen molar-refractivity contribution in [3.8, 4) is 0 Å². The number of benzene rings is 1. The topological polar surface area (TPSA) is 49.8 Å². The average molecular weight is 311 g/mol. The predicted molar refractivity (Wildman–Crippen MR) is 85.2 cm³/mol. The number of halogens is 2. The first-order valence-electron chi connectivity index (χ1n) is 6.39. The lowest BCUT2D eigenvalue weighted by Gasteiger charge is -2.12. The first-order valence-corrected chi connectivity index (χ1v) is 7.15. The molecule has 1 atom stereocenters. The lowest BCUT2D eigenvalue weighted by Crippen LogP contribution is -2.15. The zero-order chi connectivity index (χ0) is 14.5. The first-order chi connectivity index (χ1) is 9.56. The Balaban J connectivity index is 2.15. The average Bonchev–Trinajstić information content (AvgIpc) is 2.37. The monoisotopic (exact) mass is 310 g/mol. The van der Waals surface area contributed by atoms with Gasteiger partial charge in [0, 0.05) is 28.0 Å². The molecule has 4 nitrogen and oxygen atoms in total. The SMILES string of the molecule is CCC(C)Nc1nccc(Nc2cc(Cl)cc(Cl)c2)n1. The normalized spacial score (nSPS) is 12.0. The van der Waals surface area contributed by atoms with Crippen LogP contribution in [-0.4, -0.2) is 16.0 Å². The van der Waals surface area contributed by atoms with E-state index in [1.807, 2.05) is 0 Å². The van der Waals surface area contributed by atoms with Crippen molar-refractivity contribution >= 4 is 40.7 Å². The molecule has 2 N–H and O–H groups in total. The van der Waals surface area contributed by atoms with Crippen molar-refractivity contribution < 1.29 is 0 Å². The van der Waals surface area contributed by atoms with E-state index in [2.05, 4.69) is 34.4 Å². The predicted octanol–water partition coefficient (Wildman–Crippen LogP) is 4.74. The third-order valence-electron chi connectivity index (χ3n) is 2.78. The smallest absolute Gasteiger partial charge is 0.224 e. The van der Waals surface area contributed by atoms with Crippen molar-refractivity contribution in [2.45, 2.75) is 26.3 Å². The van der Waals surface area contributed by atoms with Crippen molar-refractivity contribution in [1.29, 1.82) is 0 Å². The van der Waals surface area contributed by atoms with E-state index in [0.29, 0.717) is 27.9 Å². The molecule has 0 fully saturated rings. The molecule has 0 radical (unpaired) electrons. The molecule has 0 spiro atoms. The molecule has 0 bridgehead atoms. The summed E-state index contributed by atoms with van der Waals surface area (Å²) in [6, 6.07) is 7.38. The van der Waals surface area contributed by atoms with Crippen LogP contribution in [0.4, 0.5) is 17.5 Å². The Morgan fingerprint density at radius 2 is 1.90 bits per heavy atom. The van der Waals surface area contributed by atoms with Gasteiger partial charge in [-0.1, -0.05) is 30.1 Å². The highest BCUT2D eigenvalue weighted by molar-refractivity contribution is 6.35. The molecular weight excluding hydrogens is 295 g/mol. The van der Waals surface area contributed by atoms with Crippen LogP contribution in [0.5, 0.6) is 0 Å². The maximum Gasteiger partial charge on any atom is 0.224 e. The van der Waals surface area contributed by atoms with Crippen LogP contribution in [0.1, 0.15) is 20.3 Å². The minimum atomic E-state index is 0.325. The lowest BCUT2D eigenvalue weighted by molar-refractivity contribution is 0.753. The molecule has 2 aromatic rings. The Bertz CT molecular complexity index is 569. The molecule has 20 heavy (non-hydrogen) atoms. The highest BCUT2D eigenvalue weighted by atomic mass is 35.5. The molecule has 1 heterocycles. The minimum absolute atomic E-state index is 0.325. The van der Waals surface area contributed by atoms with Gasteiger partial charge in [0.15, 0.2) is 0 Å². The molecule has 0 aliphatic heterocycles. The fourth-order valence-electron chi connectivity index (χ4n) is 1.59. The maximum atomic E-state index is 5.97. The van der Waals surface area contributed by atoms with E-state index in [1.54, 1.807) is 30.5 Å². The van der Waals surface area contributed by atoms with E-state index in [-0.39, 0.29) is 0 Å². The van der Waals surface area contributed by atoms with E-state index >= 15 is 0 Å². The molecule has 0 saturated heterocycles. The number of anilines is 3. The van der Waals surface area contributed by atoms with Crippen LogP contribution in [0.2, 0.25) is 10.0 Å². The summed E-state index contributed by atoms with van der Waals surface area (Å²) in [5, 5.41) is 7.54. The molecule has 1 unspecified atom stereocenters. The molecule has 106 valence electrons. The first kappa shape index (κ1) is 14.9. The molecule has 2 rings (SSSR count). The minimum Gasteiger partial charge on any atom is -0.352 e. The third kappa shape index (κ3) is 4.25. The van der Waals surface area contributed by atoms with Gasteiger partial charge in [0.2, 0.25) is 5.95 Å². The number of hydrogen-bond acceptors (Lipinski definition) is 4. The second-order valence-electron chi connectivity index (χ2n) is 4.50. The summed E-state index contributed by atoms with van der Waals surface area (Å²) >= 11 is 11.9. The van der Waals surface area contributed by atoms with E-state index in [9.17, 15) is 0 Å². The summed E-state index contributed by atoms with van der Waals surface area (Å²) in [5.41, 5.74) is 0.788. The van der Waals surface area contributed by atoms with Gasteiger partial charge in [0.1, 0.15) is 5.82 Å². The Hall–Kier alpha value is -1.52. The highest BCUT2D eigenvalue weighted by Crippen LogP contribution is 2.24. The van der Waals surface area contributed by atoms with Gasteiger partial charge >= 0.3 is 0 Å². The fourth-order valence-corrected chi connectivity index (χ4v) is 2.12. The summed E-state index contributed by atoms with van der Waals surface area (Å²) in [6.07, 6.45) is 2.71. The van der Waals surface area contributed by atoms with Gasteiger partial charge in [0.05, 0.1) is 0 Å². The van der Waals surface area contributed by atoms with Gasteiger partial charge in [-0.2, -0.15) is 4.98 Å². The molecule has 0 amide bonds. The quantitative estimate of drug-likeness (QED) is 0.837. The van der Waals surface area contributed by atoms with Gasteiger partial charge in [-0.25, -0.2) is 4.98 Å². The zero-order valence-electron chi connectivity index (χ0n) is 11.3. The Morgan fingerprint density at radius 3 is 2.55 bits per heavy atom. The summed E-state index contributed by atoms with van der Waals surface area (Å²) < 4.78 is 0. The molecule has 6 heteroatoms. The van der Waals surface area contributed by atoms with E-state index < -0.39 is 0 Å². The van der Waals surface area contributed by atoms with Crippen LogP contribution < -0.4 is 10.6 Å². The van der Waals surface area contributed by atoms with Crippen LogP contribution in [0.25, 0.3) is 0 Å². The van der Waals surface area contributed by atoms with Crippen LogP contribution in [0.15, 0.2) is 30.5 Å². The molecular formula is C14H16Cl2N4. The molecule has 0 aliphatic carbocycles. The van der Waals surface area contributed by atoms with Crippen molar-refractivity contribution in [2.24, 2.45) is 0 Å².